The molecule has 0 amide bonds. The zero-order valence-corrected chi connectivity index (χ0v) is 16.5. The van der Waals surface area contributed by atoms with Crippen LogP contribution in [0.25, 0.3) is 0 Å². The van der Waals surface area contributed by atoms with Crippen molar-refractivity contribution in [2.24, 2.45) is 0 Å². The average molecular weight is 377 g/mol. The SMILES string of the molecule is Cc1cc(C)cc(OCCNc2cccc(OCCOc3ccccc3)c2)c1. The number of rotatable bonds is 10. The maximum Gasteiger partial charge on any atom is 0.122 e. The molecule has 0 bridgehead atoms. The van der Waals surface area contributed by atoms with Crippen molar-refractivity contribution in [3.05, 3.63) is 83.9 Å². The van der Waals surface area contributed by atoms with Crippen molar-refractivity contribution in [1.29, 1.82) is 0 Å². The molecule has 146 valence electrons. The van der Waals surface area contributed by atoms with Gasteiger partial charge in [0.2, 0.25) is 0 Å². The molecule has 4 heteroatoms. The third kappa shape index (κ3) is 6.54. The van der Waals surface area contributed by atoms with Crippen LogP contribution in [-0.4, -0.2) is 26.4 Å². The van der Waals surface area contributed by atoms with Gasteiger partial charge >= 0.3 is 0 Å². The maximum absolute atomic E-state index is 5.83. The van der Waals surface area contributed by atoms with Crippen LogP contribution in [0.5, 0.6) is 17.2 Å². The van der Waals surface area contributed by atoms with Crippen molar-refractivity contribution in [2.45, 2.75) is 13.8 Å². The monoisotopic (exact) mass is 377 g/mol. The second-order valence-corrected chi connectivity index (χ2v) is 6.64. The van der Waals surface area contributed by atoms with Crippen LogP contribution in [-0.2, 0) is 0 Å². The molecule has 3 rings (SSSR count). The maximum atomic E-state index is 5.83. The largest absolute Gasteiger partial charge is 0.492 e. The van der Waals surface area contributed by atoms with Gasteiger partial charge in [-0.15, -0.1) is 0 Å². The lowest BCUT2D eigenvalue weighted by atomic mass is 10.1. The molecule has 4 nitrogen and oxygen atoms in total. The fraction of sp³-hybridized carbons (Fsp3) is 0.250. The van der Waals surface area contributed by atoms with E-state index in [0.717, 1.165) is 22.9 Å². The molecule has 0 saturated carbocycles. The Hall–Kier alpha value is -3.14. The van der Waals surface area contributed by atoms with Gasteiger partial charge in [-0.25, -0.2) is 0 Å². The Bertz CT molecular complexity index is 844. The summed E-state index contributed by atoms with van der Waals surface area (Å²) in [5.41, 5.74) is 3.43. The molecule has 0 aliphatic heterocycles. The van der Waals surface area contributed by atoms with Crippen molar-refractivity contribution in [3.8, 4) is 17.2 Å². The molecule has 0 aliphatic carbocycles. The molecule has 28 heavy (non-hydrogen) atoms. The van der Waals surface area contributed by atoms with E-state index in [1.54, 1.807) is 0 Å². The smallest absolute Gasteiger partial charge is 0.122 e. The Morgan fingerprint density at radius 3 is 2.00 bits per heavy atom. The fourth-order valence-corrected chi connectivity index (χ4v) is 2.91. The molecule has 1 N–H and O–H groups in total. The van der Waals surface area contributed by atoms with Crippen LogP contribution < -0.4 is 19.5 Å². The fourth-order valence-electron chi connectivity index (χ4n) is 2.91. The summed E-state index contributed by atoms with van der Waals surface area (Å²) in [5, 5.41) is 3.36. The van der Waals surface area contributed by atoms with Crippen molar-refractivity contribution < 1.29 is 14.2 Å². The van der Waals surface area contributed by atoms with Gasteiger partial charge in [-0.1, -0.05) is 30.3 Å². The number of hydrogen-bond acceptors (Lipinski definition) is 4. The van der Waals surface area contributed by atoms with Gasteiger partial charge in [-0.2, -0.15) is 0 Å². The lowest BCUT2D eigenvalue weighted by Gasteiger charge is -2.12. The number of aryl methyl sites for hydroxylation is 2. The van der Waals surface area contributed by atoms with Crippen LogP contribution in [0.1, 0.15) is 11.1 Å². The van der Waals surface area contributed by atoms with Crippen LogP contribution in [0.15, 0.2) is 72.8 Å². The van der Waals surface area contributed by atoms with E-state index in [-0.39, 0.29) is 0 Å². The minimum absolute atomic E-state index is 0.494. The van der Waals surface area contributed by atoms with Crippen molar-refractivity contribution >= 4 is 5.69 Å². The van der Waals surface area contributed by atoms with Crippen LogP contribution in [0, 0.1) is 13.8 Å². The molecule has 0 fully saturated rings. The molecule has 3 aromatic rings. The van der Waals surface area contributed by atoms with Crippen LogP contribution in [0.3, 0.4) is 0 Å². The summed E-state index contributed by atoms with van der Waals surface area (Å²) in [5.74, 6) is 2.58. The van der Waals surface area contributed by atoms with Gasteiger partial charge in [-0.3, -0.25) is 0 Å². The topological polar surface area (TPSA) is 39.7 Å². The quantitative estimate of drug-likeness (QED) is 0.490. The lowest BCUT2D eigenvalue weighted by Crippen LogP contribution is -2.12. The first-order chi connectivity index (χ1) is 13.7. The number of benzene rings is 3. The van der Waals surface area contributed by atoms with E-state index in [0.29, 0.717) is 26.4 Å². The second-order valence-electron chi connectivity index (χ2n) is 6.64. The highest BCUT2D eigenvalue weighted by molar-refractivity contribution is 5.48. The zero-order chi connectivity index (χ0) is 19.6. The molecule has 0 aromatic heterocycles. The van der Waals surface area contributed by atoms with E-state index in [1.165, 1.54) is 11.1 Å². The summed E-state index contributed by atoms with van der Waals surface area (Å²) < 4.78 is 17.2. The van der Waals surface area contributed by atoms with E-state index in [1.807, 2.05) is 54.6 Å². The van der Waals surface area contributed by atoms with Crippen LogP contribution in [0.4, 0.5) is 5.69 Å². The van der Waals surface area contributed by atoms with E-state index < -0.39 is 0 Å². The highest BCUT2D eigenvalue weighted by Crippen LogP contribution is 2.18. The second kappa shape index (κ2) is 10.3. The standard InChI is InChI=1S/C24H27NO3/c1-19-15-20(2)17-24(16-19)26-12-11-25-21-7-6-10-23(18-21)28-14-13-27-22-8-4-3-5-9-22/h3-10,15-18,25H,11-14H2,1-2H3. The summed E-state index contributed by atoms with van der Waals surface area (Å²) in [6.45, 7) is 6.47. The van der Waals surface area contributed by atoms with Gasteiger partial charge < -0.3 is 19.5 Å². The number of para-hydroxylation sites is 1. The molecule has 0 heterocycles. The molecule has 0 spiro atoms. The predicted octanol–water partition coefficient (Wildman–Crippen LogP) is 5.25. The minimum atomic E-state index is 0.494. The zero-order valence-electron chi connectivity index (χ0n) is 16.5. The Morgan fingerprint density at radius 1 is 0.607 bits per heavy atom. The van der Waals surface area contributed by atoms with Crippen molar-refractivity contribution in [3.63, 3.8) is 0 Å². The average Bonchev–Trinajstić information content (AvgIpc) is 2.69. The van der Waals surface area contributed by atoms with Gasteiger partial charge in [0.1, 0.15) is 37.1 Å². The first-order valence-electron chi connectivity index (χ1n) is 9.55. The highest BCUT2D eigenvalue weighted by atomic mass is 16.5. The van der Waals surface area contributed by atoms with E-state index in [4.69, 9.17) is 14.2 Å². The number of ether oxygens (including phenoxy) is 3. The molecule has 3 aromatic carbocycles. The summed E-state index contributed by atoms with van der Waals surface area (Å²) in [4.78, 5) is 0. The van der Waals surface area contributed by atoms with E-state index in [9.17, 15) is 0 Å². The van der Waals surface area contributed by atoms with E-state index >= 15 is 0 Å². The first kappa shape index (κ1) is 19.6. The molecular weight excluding hydrogens is 350 g/mol. The Kier molecular flexibility index (Phi) is 7.19. The number of hydrogen-bond donors (Lipinski definition) is 1. The third-order valence-electron chi connectivity index (χ3n) is 4.09. The Labute approximate surface area is 167 Å². The molecule has 0 saturated heterocycles. The highest BCUT2D eigenvalue weighted by Gasteiger charge is 2.00. The van der Waals surface area contributed by atoms with Gasteiger partial charge in [0, 0.05) is 18.3 Å². The van der Waals surface area contributed by atoms with Gasteiger partial charge in [0.15, 0.2) is 0 Å². The summed E-state index contributed by atoms with van der Waals surface area (Å²) in [6.07, 6.45) is 0. The van der Waals surface area contributed by atoms with Crippen molar-refractivity contribution in [2.75, 3.05) is 31.7 Å². The predicted molar refractivity (Wildman–Crippen MR) is 114 cm³/mol. The van der Waals surface area contributed by atoms with Crippen LogP contribution >= 0.6 is 0 Å². The normalized spacial score (nSPS) is 10.4. The first-order valence-corrected chi connectivity index (χ1v) is 9.55. The van der Waals surface area contributed by atoms with Gasteiger partial charge in [0.25, 0.3) is 0 Å². The Morgan fingerprint density at radius 2 is 1.25 bits per heavy atom. The molecular formula is C24H27NO3. The molecule has 0 aliphatic rings. The summed E-state index contributed by atoms with van der Waals surface area (Å²) >= 11 is 0. The summed E-state index contributed by atoms with van der Waals surface area (Å²) in [7, 11) is 0. The number of anilines is 1. The Balaban J connectivity index is 1.38. The van der Waals surface area contributed by atoms with Crippen molar-refractivity contribution in [1.82, 2.24) is 0 Å². The summed E-state index contributed by atoms with van der Waals surface area (Å²) in [6, 6.07) is 23.9. The number of nitrogens with one attached hydrogen (secondary N) is 1. The molecule has 0 unspecified atom stereocenters. The third-order valence-corrected chi connectivity index (χ3v) is 4.09. The van der Waals surface area contributed by atoms with Crippen LogP contribution in [0.2, 0.25) is 0 Å². The molecule has 0 atom stereocenters. The van der Waals surface area contributed by atoms with Gasteiger partial charge in [0.05, 0.1) is 0 Å². The van der Waals surface area contributed by atoms with E-state index in [2.05, 4.69) is 37.4 Å². The molecule has 0 radical (unpaired) electrons. The lowest BCUT2D eigenvalue weighted by molar-refractivity contribution is 0.217. The van der Waals surface area contributed by atoms with Gasteiger partial charge in [-0.05, 0) is 61.4 Å². The minimum Gasteiger partial charge on any atom is -0.492 e.